The number of hydrogen-bond acceptors (Lipinski definition) is 3. The van der Waals surface area contributed by atoms with Crippen LogP contribution in [0.4, 0.5) is 0 Å². The molecule has 1 aromatic carbocycles. The molecule has 1 N–H and O–H groups in total. The molecular weight excluding hydrogens is 248 g/mol. The van der Waals surface area contributed by atoms with E-state index in [-0.39, 0.29) is 0 Å². The van der Waals surface area contributed by atoms with Crippen LogP contribution in [0.3, 0.4) is 0 Å². The number of aryl methyl sites for hydroxylation is 1. The zero-order valence-electron chi connectivity index (χ0n) is 12.3. The molecule has 0 bridgehead atoms. The molecule has 4 heteroatoms. The lowest BCUT2D eigenvalue weighted by atomic mass is 10.00. The van der Waals surface area contributed by atoms with Crippen LogP contribution in [0.1, 0.15) is 43.9 Å². The lowest BCUT2D eigenvalue weighted by Crippen LogP contribution is -2.18. The van der Waals surface area contributed by atoms with Crippen molar-refractivity contribution >= 4 is 0 Å². The Kier molecular flexibility index (Phi) is 3.83. The number of benzene rings is 1. The van der Waals surface area contributed by atoms with Gasteiger partial charge >= 0.3 is 0 Å². The van der Waals surface area contributed by atoms with Gasteiger partial charge in [0.2, 0.25) is 0 Å². The van der Waals surface area contributed by atoms with Crippen LogP contribution in [0, 0.1) is 0 Å². The molecule has 20 heavy (non-hydrogen) atoms. The maximum Gasteiger partial charge on any atom is 0.0888 e. The summed E-state index contributed by atoms with van der Waals surface area (Å²) in [6, 6.07) is 7.13. The maximum atomic E-state index is 4.21. The molecule has 1 atom stereocenters. The van der Waals surface area contributed by atoms with Crippen LogP contribution in [-0.2, 0) is 13.0 Å². The van der Waals surface area contributed by atoms with Gasteiger partial charge in [0, 0.05) is 18.2 Å². The zero-order chi connectivity index (χ0) is 13.9. The van der Waals surface area contributed by atoms with E-state index in [9.17, 15) is 0 Å². The Morgan fingerprint density at radius 1 is 1.35 bits per heavy atom. The molecule has 4 nitrogen and oxygen atoms in total. The Balaban J connectivity index is 2.01. The molecule has 0 fully saturated rings. The van der Waals surface area contributed by atoms with Gasteiger partial charge in [0.1, 0.15) is 0 Å². The molecule has 0 radical (unpaired) electrons. The highest BCUT2D eigenvalue weighted by molar-refractivity contribution is 5.66. The number of fused-ring (bicyclic) bond motifs is 1. The monoisotopic (exact) mass is 270 g/mol. The van der Waals surface area contributed by atoms with Gasteiger partial charge in [0.05, 0.1) is 11.9 Å². The van der Waals surface area contributed by atoms with Gasteiger partial charge in [0.25, 0.3) is 0 Å². The van der Waals surface area contributed by atoms with E-state index in [0.717, 1.165) is 31.6 Å². The number of nitrogens with zero attached hydrogens (tertiary/aromatic N) is 3. The van der Waals surface area contributed by atoms with Crippen LogP contribution in [0.5, 0.6) is 0 Å². The SMILES string of the molecule is CCCn1nncc1-c1cccc2c1CCC2NCC. The number of aromatic nitrogens is 3. The summed E-state index contributed by atoms with van der Waals surface area (Å²) < 4.78 is 2.02. The predicted molar refractivity (Wildman–Crippen MR) is 80.5 cm³/mol. The van der Waals surface area contributed by atoms with Gasteiger partial charge in [-0.15, -0.1) is 5.10 Å². The Labute approximate surface area is 120 Å². The van der Waals surface area contributed by atoms with E-state index in [4.69, 9.17) is 0 Å². The first kappa shape index (κ1) is 13.3. The second-order valence-corrected chi connectivity index (χ2v) is 5.36. The fourth-order valence-electron chi connectivity index (χ4n) is 3.20. The van der Waals surface area contributed by atoms with Crippen molar-refractivity contribution in [1.29, 1.82) is 0 Å². The molecular formula is C16H22N4. The van der Waals surface area contributed by atoms with Crippen molar-refractivity contribution in [3.05, 3.63) is 35.5 Å². The second-order valence-electron chi connectivity index (χ2n) is 5.36. The van der Waals surface area contributed by atoms with Crippen molar-refractivity contribution in [1.82, 2.24) is 20.3 Å². The number of nitrogens with one attached hydrogen (secondary N) is 1. The Hall–Kier alpha value is -1.68. The quantitative estimate of drug-likeness (QED) is 0.908. The van der Waals surface area contributed by atoms with Crippen LogP contribution in [0.15, 0.2) is 24.4 Å². The Morgan fingerprint density at radius 2 is 2.25 bits per heavy atom. The minimum atomic E-state index is 0.505. The zero-order valence-corrected chi connectivity index (χ0v) is 12.3. The van der Waals surface area contributed by atoms with Crippen LogP contribution < -0.4 is 5.32 Å². The van der Waals surface area contributed by atoms with E-state index >= 15 is 0 Å². The van der Waals surface area contributed by atoms with Crippen molar-refractivity contribution < 1.29 is 0 Å². The van der Waals surface area contributed by atoms with Crippen LogP contribution in [-0.4, -0.2) is 21.5 Å². The normalized spacial score (nSPS) is 17.4. The molecule has 1 aliphatic rings. The molecule has 0 spiro atoms. The highest BCUT2D eigenvalue weighted by Crippen LogP contribution is 2.37. The standard InChI is InChI=1S/C16H22N4/c1-3-10-20-16(11-18-19-20)14-7-5-6-13-12(14)8-9-15(13)17-4-2/h5-7,11,15,17H,3-4,8-10H2,1-2H3. The molecule has 106 valence electrons. The summed E-state index contributed by atoms with van der Waals surface area (Å²) in [4.78, 5) is 0. The molecule has 1 unspecified atom stereocenters. The highest BCUT2D eigenvalue weighted by Gasteiger charge is 2.25. The van der Waals surface area contributed by atoms with Crippen molar-refractivity contribution in [2.45, 2.75) is 45.7 Å². The van der Waals surface area contributed by atoms with Crippen molar-refractivity contribution in [3.63, 3.8) is 0 Å². The van der Waals surface area contributed by atoms with E-state index in [1.54, 1.807) is 0 Å². The van der Waals surface area contributed by atoms with Crippen LogP contribution in [0.2, 0.25) is 0 Å². The Morgan fingerprint density at radius 3 is 3.05 bits per heavy atom. The van der Waals surface area contributed by atoms with Gasteiger partial charge in [-0.25, -0.2) is 4.68 Å². The summed E-state index contributed by atoms with van der Waals surface area (Å²) >= 11 is 0. The topological polar surface area (TPSA) is 42.7 Å². The summed E-state index contributed by atoms with van der Waals surface area (Å²) in [5.41, 5.74) is 5.38. The van der Waals surface area contributed by atoms with Crippen LogP contribution >= 0.6 is 0 Å². The van der Waals surface area contributed by atoms with Gasteiger partial charge in [0.15, 0.2) is 0 Å². The summed E-state index contributed by atoms with van der Waals surface area (Å²) in [6.07, 6.45) is 5.30. The predicted octanol–water partition coefficient (Wildman–Crippen LogP) is 2.95. The summed E-state index contributed by atoms with van der Waals surface area (Å²) in [5.74, 6) is 0. The van der Waals surface area contributed by atoms with Gasteiger partial charge in [-0.3, -0.25) is 0 Å². The third-order valence-corrected chi connectivity index (χ3v) is 4.05. The molecule has 1 aliphatic carbocycles. The first-order chi connectivity index (χ1) is 9.85. The minimum Gasteiger partial charge on any atom is -0.310 e. The average Bonchev–Trinajstić information content (AvgIpc) is 3.07. The molecule has 0 aliphatic heterocycles. The summed E-state index contributed by atoms with van der Waals surface area (Å²) in [5, 5.41) is 11.9. The van der Waals surface area contributed by atoms with E-state index in [0.29, 0.717) is 6.04 Å². The fourth-order valence-corrected chi connectivity index (χ4v) is 3.20. The maximum absolute atomic E-state index is 4.21. The summed E-state index contributed by atoms with van der Waals surface area (Å²) in [7, 11) is 0. The molecule has 1 heterocycles. The van der Waals surface area contributed by atoms with E-state index in [1.165, 1.54) is 23.1 Å². The summed E-state index contributed by atoms with van der Waals surface area (Å²) in [6.45, 7) is 6.28. The Bertz CT molecular complexity index is 588. The van der Waals surface area contributed by atoms with Crippen LogP contribution in [0.25, 0.3) is 11.3 Å². The molecule has 0 saturated carbocycles. The van der Waals surface area contributed by atoms with Gasteiger partial charge in [-0.1, -0.05) is 37.3 Å². The van der Waals surface area contributed by atoms with E-state index in [1.807, 2.05) is 10.9 Å². The largest absolute Gasteiger partial charge is 0.310 e. The molecule has 0 saturated heterocycles. The number of hydrogen-bond donors (Lipinski definition) is 1. The van der Waals surface area contributed by atoms with Gasteiger partial charge in [-0.2, -0.15) is 0 Å². The first-order valence-corrected chi connectivity index (χ1v) is 7.59. The van der Waals surface area contributed by atoms with Crippen molar-refractivity contribution in [2.24, 2.45) is 0 Å². The fraction of sp³-hybridized carbons (Fsp3) is 0.500. The highest BCUT2D eigenvalue weighted by atomic mass is 15.4. The van der Waals surface area contributed by atoms with E-state index in [2.05, 4.69) is 47.7 Å². The van der Waals surface area contributed by atoms with E-state index < -0.39 is 0 Å². The lowest BCUT2D eigenvalue weighted by molar-refractivity contribution is 0.549. The minimum absolute atomic E-state index is 0.505. The molecule has 3 rings (SSSR count). The number of rotatable bonds is 5. The second kappa shape index (κ2) is 5.75. The molecule has 1 aromatic heterocycles. The third kappa shape index (κ3) is 2.24. The van der Waals surface area contributed by atoms with Gasteiger partial charge in [-0.05, 0) is 36.9 Å². The van der Waals surface area contributed by atoms with Crippen molar-refractivity contribution in [3.8, 4) is 11.3 Å². The molecule has 2 aromatic rings. The lowest BCUT2D eigenvalue weighted by Gasteiger charge is -2.14. The smallest absolute Gasteiger partial charge is 0.0888 e. The third-order valence-electron chi connectivity index (χ3n) is 4.05. The molecule has 0 amide bonds. The average molecular weight is 270 g/mol. The first-order valence-electron chi connectivity index (χ1n) is 7.59. The van der Waals surface area contributed by atoms with Crippen molar-refractivity contribution in [2.75, 3.05) is 6.54 Å². The van der Waals surface area contributed by atoms with Gasteiger partial charge < -0.3 is 5.32 Å².